The van der Waals surface area contributed by atoms with Gasteiger partial charge in [-0.3, -0.25) is 0 Å². The molecule has 0 spiro atoms. The summed E-state index contributed by atoms with van der Waals surface area (Å²) in [5, 5.41) is 4.18. The fraction of sp³-hybridized carbons (Fsp3) is 0.462. The van der Waals surface area contributed by atoms with Gasteiger partial charge in [-0.15, -0.1) is 12.4 Å². The van der Waals surface area contributed by atoms with Crippen molar-refractivity contribution in [2.45, 2.75) is 25.8 Å². The van der Waals surface area contributed by atoms with E-state index in [-0.39, 0.29) is 12.4 Å². The summed E-state index contributed by atoms with van der Waals surface area (Å²) in [5.74, 6) is 1.09. The number of aryl methyl sites for hydroxylation is 1. The summed E-state index contributed by atoms with van der Waals surface area (Å²) in [5.41, 5.74) is 2.22. The topological polar surface area (TPSA) is 29.9 Å². The highest BCUT2D eigenvalue weighted by Gasteiger charge is 2.19. The zero-order chi connectivity index (χ0) is 11.8. The quantitative estimate of drug-likeness (QED) is 0.871. The maximum absolute atomic E-state index is 6.09. The number of nitrogens with one attached hydrogen (secondary N) is 1. The molecule has 5 heteroatoms. The maximum Gasteiger partial charge on any atom is 0.106 e. The average molecular weight is 286 g/mol. The van der Waals surface area contributed by atoms with Gasteiger partial charge in [-0.2, -0.15) is 0 Å². The van der Waals surface area contributed by atoms with E-state index in [0.717, 1.165) is 29.5 Å². The van der Waals surface area contributed by atoms with Gasteiger partial charge in [0.15, 0.2) is 0 Å². The van der Waals surface area contributed by atoms with Crippen molar-refractivity contribution in [1.82, 2.24) is 14.9 Å². The fourth-order valence-corrected chi connectivity index (χ4v) is 2.88. The summed E-state index contributed by atoms with van der Waals surface area (Å²) in [6.45, 7) is 4.25. The molecule has 1 N–H and O–H groups in total. The predicted molar refractivity (Wildman–Crippen MR) is 77.9 cm³/mol. The Labute approximate surface area is 118 Å². The van der Waals surface area contributed by atoms with Gasteiger partial charge >= 0.3 is 0 Å². The molecule has 0 radical (unpaired) electrons. The van der Waals surface area contributed by atoms with E-state index in [1.54, 1.807) is 0 Å². The standard InChI is InChI=1S/C13H16ClN3.ClH/c1-9-16-12-3-2-10(14)8-13(12)17(9)11-4-6-15-7-5-11;/h2-3,8,11,15H,4-7H2,1H3;1H. The Morgan fingerprint density at radius 3 is 2.78 bits per heavy atom. The molecule has 0 saturated carbocycles. The molecular formula is C13H17Cl2N3. The zero-order valence-electron chi connectivity index (χ0n) is 10.3. The Morgan fingerprint density at radius 2 is 2.06 bits per heavy atom. The molecule has 0 unspecified atom stereocenters. The minimum atomic E-state index is 0. The van der Waals surface area contributed by atoms with Crippen molar-refractivity contribution >= 4 is 35.0 Å². The minimum absolute atomic E-state index is 0. The number of rotatable bonds is 1. The SMILES string of the molecule is Cc1nc2ccc(Cl)cc2n1C1CCNCC1.Cl. The first-order valence-corrected chi connectivity index (χ1v) is 6.48. The van der Waals surface area contributed by atoms with Crippen LogP contribution in [0.2, 0.25) is 5.02 Å². The van der Waals surface area contributed by atoms with Gasteiger partial charge < -0.3 is 9.88 Å². The Kier molecular flexibility index (Phi) is 4.15. The van der Waals surface area contributed by atoms with E-state index in [2.05, 4.69) is 21.8 Å². The van der Waals surface area contributed by atoms with Gasteiger partial charge in [-0.25, -0.2) is 4.98 Å². The van der Waals surface area contributed by atoms with E-state index in [9.17, 15) is 0 Å². The van der Waals surface area contributed by atoms with Gasteiger partial charge in [0.1, 0.15) is 5.82 Å². The van der Waals surface area contributed by atoms with E-state index >= 15 is 0 Å². The first kappa shape index (κ1) is 13.7. The predicted octanol–water partition coefficient (Wildman–Crippen LogP) is 3.34. The van der Waals surface area contributed by atoms with Crippen molar-refractivity contribution in [2.75, 3.05) is 13.1 Å². The lowest BCUT2D eigenvalue weighted by Crippen LogP contribution is -2.29. The van der Waals surface area contributed by atoms with Gasteiger partial charge in [0.05, 0.1) is 11.0 Å². The largest absolute Gasteiger partial charge is 0.325 e. The second kappa shape index (κ2) is 5.47. The van der Waals surface area contributed by atoms with Crippen LogP contribution in [0.25, 0.3) is 11.0 Å². The number of nitrogens with zero attached hydrogens (tertiary/aromatic N) is 2. The van der Waals surface area contributed by atoms with Crippen LogP contribution in [-0.4, -0.2) is 22.6 Å². The third-order valence-electron chi connectivity index (χ3n) is 3.50. The van der Waals surface area contributed by atoms with Crippen molar-refractivity contribution < 1.29 is 0 Å². The number of hydrogen-bond acceptors (Lipinski definition) is 2. The van der Waals surface area contributed by atoms with Crippen LogP contribution in [0.3, 0.4) is 0 Å². The van der Waals surface area contributed by atoms with Crippen LogP contribution in [0.15, 0.2) is 18.2 Å². The molecule has 2 heterocycles. The summed E-state index contributed by atoms with van der Waals surface area (Å²) in [6.07, 6.45) is 2.33. The average Bonchev–Trinajstić information content (AvgIpc) is 2.65. The van der Waals surface area contributed by atoms with Gasteiger partial charge in [0.2, 0.25) is 0 Å². The van der Waals surface area contributed by atoms with Crippen LogP contribution in [0.4, 0.5) is 0 Å². The Morgan fingerprint density at radius 1 is 1.33 bits per heavy atom. The molecule has 98 valence electrons. The second-order valence-corrected chi connectivity index (χ2v) is 5.08. The molecule has 3 rings (SSSR count). The smallest absolute Gasteiger partial charge is 0.106 e. The highest BCUT2D eigenvalue weighted by Crippen LogP contribution is 2.28. The number of fused-ring (bicyclic) bond motifs is 1. The van der Waals surface area contributed by atoms with Crippen LogP contribution >= 0.6 is 24.0 Å². The number of imidazole rings is 1. The van der Waals surface area contributed by atoms with Gasteiger partial charge in [0.25, 0.3) is 0 Å². The third-order valence-corrected chi connectivity index (χ3v) is 3.74. The van der Waals surface area contributed by atoms with Crippen LogP contribution in [0, 0.1) is 6.92 Å². The van der Waals surface area contributed by atoms with Gasteiger partial charge in [-0.1, -0.05) is 11.6 Å². The lowest BCUT2D eigenvalue weighted by Gasteiger charge is -2.25. The van der Waals surface area contributed by atoms with Gasteiger partial charge in [0, 0.05) is 11.1 Å². The zero-order valence-corrected chi connectivity index (χ0v) is 11.9. The highest BCUT2D eigenvalue weighted by molar-refractivity contribution is 6.31. The molecule has 3 nitrogen and oxygen atoms in total. The molecule has 0 bridgehead atoms. The van der Waals surface area contributed by atoms with Crippen molar-refractivity contribution in [3.8, 4) is 0 Å². The molecule has 2 aromatic rings. The van der Waals surface area contributed by atoms with E-state index in [1.165, 1.54) is 18.4 Å². The molecule has 0 amide bonds. The lowest BCUT2D eigenvalue weighted by atomic mass is 10.1. The summed E-state index contributed by atoms with van der Waals surface area (Å²) >= 11 is 6.09. The fourth-order valence-electron chi connectivity index (χ4n) is 2.71. The van der Waals surface area contributed by atoms with E-state index in [4.69, 9.17) is 11.6 Å². The molecule has 1 saturated heterocycles. The van der Waals surface area contributed by atoms with Crippen molar-refractivity contribution in [3.63, 3.8) is 0 Å². The number of aromatic nitrogens is 2. The summed E-state index contributed by atoms with van der Waals surface area (Å²) in [6, 6.07) is 6.49. The summed E-state index contributed by atoms with van der Waals surface area (Å²) in [7, 11) is 0. The maximum atomic E-state index is 6.09. The molecule has 1 aliphatic rings. The number of hydrogen-bond donors (Lipinski definition) is 1. The molecule has 0 aliphatic carbocycles. The molecule has 1 aromatic carbocycles. The van der Waals surface area contributed by atoms with E-state index in [1.807, 2.05) is 18.2 Å². The normalized spacial score (nSPS) is 16.8. The minimum Gasteiger partial charge on any atom is -0.325 e. The second-order valence-electron chi connectivity index (χ2n) is 4.64. The molecule has 0 atom stereocenters. The molecule has 1 fully saturated rings. The van der Waals surface area contributed by atoms with Crippen LogP contribution < -0.4 is 5.32 Å². The molecular weight excluding hydrogens is 269 g/mol. The van der Waals surface area contributed by atoms with Crippen molar-refractivity contribution in [2.24, 2.45) is 0 Å². The van der Waals surface area contributed by atoms with E-state index < -0.39 is 0 Å². The summed E-state index contributed by atoms with van der Waals surface area (Å²) < 4.78 is 2.35. The molecule has 1 aliphatic heterocycles. The van der Waals surface area contributed by atoms with Crippen LogP contribution in [-0.2, 0) is 0 Å². The van der Waals surface area contributed by atoms with Gasteiger partial charge in [-0.05, 0) is 51.1 Å². The van der Waals surface area contributed by atoms with E-state index in [0.29, 0.717) is 6.04 Å². The van der Waals surface area contributed by atoms with Crippen molar-refractivity contribution in [3.05, 3.63) is 29.0 Å². The molecule has 1 aromatic heterocycles. The van der Waals surface area contributed by atoms with Crippen LogP contribution in [0.5, 0.6) is 0 Å². The Hall–Kier alpha value is -0.770. The number of piperidine rings is 1. The molecule has 18 heavy (non-hydrogen) atoms. The first-order valence-electron chi connectivity index (χ1n) is 6.10. The lowest BCUT2D eigenvalue weighted by molar-refractivity contribution is 0.370. The Balaban J connectivity index is 0.00000120. The monoisotopic (exact) mass is 285 g/mol. The third kappa shape index (κ3) is 2.35. The Bertz CT molecular complexity index is 544. The summed E-state index contributed by atoms with van der Waals surface area (Å²) in [4.78, 5) is 4.61. The number of benzene rings is 1. The highest BCUT2D eigenvalue weighted by atomic mass is 35.5. The first-order chi connectivity index (χ1) is 8.25. The van der Waals surface area contributed by atoms with Crippen molar-refractivity contribution in [1.29, 1.82) is 0 Å². The van der Waals surface area contributed by atoms with Crippen LogP contribution in [0.1, 0.15) is 24.7 Å². The number of halogens is 2.